The Morgan fingerprint density at radius 1 is 1.21 bits per heavy atom. The van der Waals surface area contributed by atoms with Crippen LogP contribution in [0, 0.1) is 0 Å². The van der Waals surface area contributed by atoms with Gasteiger partial charge in [0.1, 0.15) is 29.7 Å². The summed E-state index contributed by atoms with van der Waals surface area (Å²) in [5, 5.41) is 14.5. The Hall–Kier alpha value is -1.32. The minimum Gasteiger partial charge on any atom is -0.387 e. The summed E-state index contributed by atoms with van der Waals surface area (Å²) in [5.74, 6) is 0.0969. The lowest BCUT2D eigenvalue weighted by molar-refractivity contribution is -0.113. The fraction of sp³-hybridized carbons (Fsp3) is 0.538. The Morgan fingerprint density at radius 2 is 1.88 bits per heavy atom. The number of hydrogen-bond donors (Lipinski definition) is 6. The molecule has 1 aliphatic rings. The van der Waals surface area contributed by atoms with Gasteiger partial charge in [0.05, 0.1) is 12.3 Å². The number of aromatic nitrogens is 3. The van der Waals surface area contributed by atoms with E-state index in [1.54, 1.807) is 0 Å². The number of hydrogen-bond acceptors (Lipinski definition) is 11. The van der Waals surface area contributed by atoms with Crippen LogP contribution in [0.5, 0.6) is 0 Å². The normalized spacial score (nSPS) is 29.7. The predicted octanol–water partition coefficient (Wildman–Crippen LogP) is 0.574. The Bertz CT molecular complexity index is 1170. The van der Waals surface area contributed by atoms with Crippen LogP contribution in [0.3, 0.4) is 0 Å². The highest BCUT2D eigenvalue weighted by Crippen LogP contribution is 2.66. The summed E-state index contributed by atoms with van der Waals surface area (Å²) in [6, 6.07) is 2.92. The number of aliphatic hydroxyl groups is 1. The molecule has 0 spiro atoms. The number of nitrogens with two attached hydrogens (primary N) is 1. The number of nitrogen functional groups attached to an aromatic ring is 1. The van der Waals surface area contributed by atoms with Crippen molar-refractivity contribution in [1.82, 2.24) is 14.6 Å². The monoisotopic (exact) mass is 536 g/mol. The number of aliphatic hydroxyl groups excluding tert-OH is 1. The molecule has 186 valence electrons. The first kappa shape index (κ1) is 26.3. The number of anilines is 1. The second-order valence-corrected chi connectivity index (χ2v) is 11.3. The van der Waals surface area contributed by atoms with Gasteiger partial charge in [-0.2, -0.15) is 13.7 Å². The maximum Gasteiger partial charge on any atom is 0.490 e. The molecule has 3 rings (SSSR count). The number of phosphoric ester groups is 1. The molecule has 3 heterocycles. The van der Waals surface area contributed by atoms with Crippen molar-refractivity contribution in [1.29, 1.82) is 0 Å². The SMILES string of the molecule is CCC1(COP(=O)(O)OP(=O)(O)OP(=O)(O)O)OC(c2ccc3c(N)ncnn23)C(F)C1O. The fourth-order valence-corrected chi connectivity index (χ4v) is 6.34. The highest BCUT2D eigenvalue weighted by Gasteiger charge is 2.56. The lowest BCUT2D eigenvalue weighted by Crippen LogP contribution is -2.45. The molecule has 0 saturated carbocycles. The van der Waals surface area contributed by atoms with E-state index >= 15 is 4.39 Å². The Kier molecular flexibility index (Phi) is 7.20. The van der Waals surface area contributed by atoms with Crippen molar-refractivity contribution in [2.24, 2.45) is 0 Å². The molecule has 33 heavy (non-hydrogen) atoms. The molecule has 1 fully saturated rings. The van der Waals surface area contributed by atoms with Crippen LogP contribution < -0.4 is 5.73 Å². The van der Waals surface area contributed by atoms with Gasteiger partial charge in [-0.1, -0.05) is 6.92 Å². The second kappa shape index (κ2) is 9.04. The largest absolute Gasteiger partial charge is 0.490 e. The molecule has 0 aliphatic carbocycles. The van der Waals surface area contributed by atoms with Crippen molar-refractivity contribution in [3.8, 4) is 0 Å². The van der Waals surface area contributed by atoms with E-state index in [0.717, 1.165) is 6.33 Å². The van der Waals surface area contributed by atoms with Crippen LogP contribution in [0.4, 0.5) is 10.2 Å². The van der Waals surface area contributed by atoms with Crippen molar-refractivity contribution in [2.45, 2.75) is 37.3 Å². The van der Waals surface area contributed by atoms with E-state index in [1.165, 1.54) is 23.6 Å². The van der Waals surface area contributed by atoms with Gasteiger partial charge >= 0.3 is 23.5 Å². The summed E-state index contributed by atoms with van der Waals surface area (Å²) < 4.78 is 68.0. The fourth-order valence-electron chi connectivity index (χ4n) is 3.26. The minimum absolute atomic E-state index is 0.0969. The van der Waals surface area contributed by atoms with Crippen molar-refractivity contribution in [3.05, 3.63) is 24.2 Å². The summed E-state index contributed by atoms with van der Waals surface area (Å²) in [7, 11) is -16.8. The van der Waals surface area contributed by atoms with E-state index in [1.807, 2.05) is 0 Å². The topological polar surface area (TPSA) is 245 Å². The van der Waals surface area contributed by atoms with Crippen LogP contribution in [0.15, 0.2) is 18.5 Å². The third-order valence-electron chi connectivity index (χ3n) is 4.78. The molecule has 6 unspecified atom stereocenters. The van der Waals surface area contributed by atoms with Gasteiger partial charge in [0.15, 0.2) is 12.0 Å². The zero-order valence-corrected chi connectivity index (χ0v) is 19.3. The van der Waals surface area contributed by atoms with Gasteiger partial charge in [-0.15, -0.1) is 0 Å². The molecule has 1 saturated heterocycles. The van der Waals surface area contributed by atoms with Crippen LogP contribution >= 0.6 is 23.5 Å². The number of ether oxygens (including phenoxy) is 1. The van der Waals surface area contributed by atoms with Gasteiger partial charge in [-0.3, -0.25) is 4.52 Å². The number of nitrogens with zero attached hydrogens (tertiary/aromatic N) is 3. The van der Waals surface area contributed by atoms with Crippen molar-refractivity contribution < 1.29 is 60.6 Å². The van der Waals surface area contributed by atoms with Crippen LogP contribution in [0.2, 0.25) is 0 Å². The highest BCUT2D eigenvalue weighted by molar-refractivity contribution is 7.66. The molecule has 0 aromatic carbocycles. The summed E-state index contributed by atoms with van der Waals surface area (Å²) in [4.78, 5) is 39.8. The summed E-state index contributed by atoms with van der Waals surface area (Å²) >= 11 is 0. The van der Waals surface area contributed by atoms with Gasteiger partial charge in [0.2, 0.25) is 0 Å². The predicted molar refractivity (Wildman–Crippen MR) is 105 cm³/mol. The average molecular weight is 536 g/mol. The van der Waals surface area contributed by atoms with Gasteiger partial charge in [-0.25, -0.2) is 27.6 Å². The number of fused-ring (bicyclic) bond motifs is 1. The average Bonchev–Trinajstić information content (AvgIpc) is 3.19. The third-order valence-corrected chi connectivity index (χ3v) is 8.56. The van der Waals surface area contributed by atoms with E-state index < -0.39 is 54.1 Å². The molecule has 0 amide bonds. The summed E-state index contributed by atoms with van der Waals surface area (Å²) in [6.45, 7) is 0.417. The molecule has 20 heteroatoms. The summed E-state index contributed by atoms with van der Waals surface area (Å²) in [5.41, 5.74) is 4.28. The maximum atomic E-state index is 15.1. The molecule has 2 aromatic rings. The van der Waals surface area contributed by atoms with Crippen molar-refractivity contribution >= 4 is 34.8 Å². The number of rotatable bonds is 9. The second-order valence-electron chi connectivity index (χ2n) is 6.91. The van der Waals surface area contributed by atoms with Gasteiger partial charge in [0, 0.05) is 0 Å². The minimum atomic E-state index is -5.75. The van der Waals surface area contributed by atoms with E-state index in [0.29, 0.717) is 5.52 Å². The quantitative estimate of drug-likeness (QED) is 0.240. The number of phosphoric acid groups is 3. The molecule has 1 aliphatic heterocycles. The van der Waals surface area contributed by atoms with Crippen LogP contribution in [-0.2, 0) is 31.6 Å². The summed E-state index contributed by atoms with van der Waals surface area (Å²) in [6.07, 6.45) is -4.44. The molecular weight excluding hydrogens is 516 g/mol. The molecule has 6 atom stereocenters. The number of alkyl halides is 1. The molecule has 0 bridgehead atoms. The third kappa shape index (κ3) is 5.68. The Morgan fingerprint density at radius 3 is 2.48 bits per heavy atom. The molecule has 2 aromatic heterocycles. The van der Waals surface area contributed by atoms with Crippen molar-refractivity contribution in [3.63, 3.8) is 0 Å². The smallest absolute Gasteiger partial charge is 0.387 e. The van der Waals surface area contributed by atoms with Crippen LogP contribution in [0.25, 0.3) is 5.52 Å². The van der Waals surface area contributed by atoms with E-state index in [4.69, 9.17) is 20.3 Å². The first-order valence-electron chi connectivity index (χ1n) is 8.96. The van der Waals surface area contributed by atoms with E-state index in [-0.39, 0.29) is 17.9 Å². The standard InChI is InChI=1S/C13H20FN4O12P3/c1-2-13(5-27-32(23,24)30-33(25,26)29-31(20,21)22)11(19)9(14)10(28-13)7-3-4-8-12(15)16-6-17-18(7)8/h3-4,6,9-11,19H,2,5H2,1H3,(H,23,24)(H,25,26)(H2,15,16,17)(H2,20,21,22). The maximum absolute atomic E-state index is 15.1. The zero-order valence-electron chi connectivity index (χ0n) is 16.6. The molecular formula is C13H20FN4O12P3. The first-order chi connectivity index (χ1) is 15.1. The lowest BCUT2D eigenvalue weighted by atomic mass is 9.93. The van der Waals surface area contributed by atoms with Gasteiger partial charge in [-0.05, 0) is 18.6 Å². The molecule has 0 radical (unpaired) electrons. The van der Waals surface area contributed by atoms with Crippen LogP contribution in [-0.4, -0.2) is 63.8 Å². The zero-order chi connectivity index (χ0) is 24.8. The van der Waals surface area contributed by atoms with Crippen LogP contribution in [0.1, 0.15) is 25.1 Å². The highest BCUT2D eigenvalue weighted by atomic mass is 31.3. The Labute approximate surface area is 184 Å². The lowest BCUT2D eigenvalue weighted by Gasteiger charge is -2.31. The van der Waals surface area contributed by atoms with Crippen molar-refractivity contribution in [2.75, 3.05) is 12.3 Å². The van der Waals surface area contributed by atoms with Gasteiger partial charge < -0.3 is 35.2 Å². The van der Waals surface area contributed by atoms with Gasteiger partial charge in [0.25, 0.3) is 0 Å². The number of halogens is 1. The van der Waals surface area contributed by atoms with E-state index in [9.17, 15) is 28.6 Å². The molecule has 16 nitrogen and oxygen atoms in total. The molecule has 7 N–H and O–H groups in total. The Balaban J connectivity index is 1.80. The van der Waals surface area contributed by atoms with E-state index in [2.05, 4.69) is 23.2 Å². The first-order valence-corrected chi connectivity index (χ1v) is 13.5.